The van der Waals surface area contributed by atoms with Crippen LogP contribution in [0, 0.1) is 13.8 Å². The molecule has 1 amide bonds. The van der Waals surface area contributed by atoms with Crippen molar-refractivity contribution >= 4 is 28.7 Å². The molecule has 1 aromatic carbocycles. The van der Waals surface area contributed by atoms with Gasteiger partial charge >= 0.3 is 0 Å². The first kappa shape index (κ1) is 20.5. The van der Waals surface area contributed by atoms with E-state index >= 15 is 0 Å². The second kappa shape index (κ2) is 8.19. The number of nitrogens with one attached hydrogen (secondary N) is 2. The Bertz CT molecular complexity index is 1290. The van der Waals surface area contributed by atoms with Crippen molar-refractivity contribution in [1.29, 1.82) is 0 Å². The number of hydrogen-bond acceptors (Lipinski definition) is 6. The van der Waals surface area contributed by atoms with Gasteiger partial charge < -0.3 is 10.2 Å². The maximum Gasteiger partial charge on any atom is 0.256 e. The zero-order valence-corrected chi connectivity index (χ0v) is 18.4. The van der Waals surface area contributed by atoms with Gasteiger partial charge in [0.25, 0.3) is 11.5 Å². The van der Waals surface area contributed by atoms with Crippen LogP contribution in [0.5, 0.6) is 0 Å². The van der Waals surface area contributed by atoms with Crippen LogP contribution in [0.15, 0.2) is 52.6 Å². The Hall–Kier alpha value is -3.72. The summed E-state index contributed by atoms with van der Waals surface area (Å²) in [6, 6.07) is 12.9. The molecular formula is C22H22N6O2S. The minimum absolute atomic E-state index is 0.243. The molecule has 2 N–H and O–H groups in total. The number of aromatic amines is 1. The van der Waals surface area contributed by atoms with Crippen LogP contribution in [0.2, 0.25) is 0 Å². The minimum Gasteiger partial charge on any atom is -0.378 e. The van der Waals surface area contributed by atoms with Gasteiger partial charge in [0, 0.05) is 42.7 Å². The SMILES string of the molecule is Cc1nc(-n2nc(-c3cccs3)cc2NC(=O)c2ccc(N(C)C)cc2)[nH]c(=O)c1C. The van der Waals surface area contributed by atoms with E-state index in [0.29, 0.717) is 28.3 Å². The molecule has 0 saturated carbocycles. The Balaban J connectivity index is 1.74. The molecule has 0 atom stereocenters. The van der Waals surface area contributed by atoms with Gasteiger partial charge in [0.2, 0.25) is 5.95 Å². The molecular weight excluding hydrogens is 412 g/mol. The summed E-state index contributed by atoms with van der Waals surface area (Å²) in [4.78, 5) is 35.3. The highest BCUT2D eigenvalue weighted by atomic mass is 32.1. The molecule has 9 heteroatoms. The number of hydrogen-bond donors (Lipinski definition) is 2. The van der Waals surface area contributed by atoms with Gasteiger partial charge in [-0.25, -0.2) is 4.98 Å². The maximum atomic E-state index is 12.9. The Kier molecular flexibility index (Phi) is 5.43. The van der Waals surface area contributed by atoms with E-state index in [9.17, 15) is 9.59 Å². The maximum absolute atomic E-state index is 12.9. The highest BCUT2D eigenvalue weighted by Crippen LogP contribution is 2.27. The summed E-state index contributed by atoms with van der Waals surface area (Å²) in [7, 11) is 3.88. The monoisotopic (exact) mass is 434 g/mol. The average molecular weight is 435 g/mol. The predicted molar refractivity (Wildman–Crippen MR) is 123 cm³/mol. The summed E-state index contributed by atoms with van der Waals surface area (Å²) < 4.78 is 1.45. The molecule has 3 heterocycles. The lowest BCUT2D eigenvalue weighted by atomic mass is 10.2. The first-order valence-corrected chi connectivity index (χ1v) is 10.5. The molecule has 0 radical (unpaired) electrons. The van der Waals surface area contributed by atoms with Gasteiger partial charge in [-0.3, -0.25) is 14.6 Å². The van der Waals surface area contributed by atoms with Crippen molar-refractivity contribution in [3.8, 4) is 16.5 Å². The zero-order valence-electron chi connectivity index (χ0n) is 17.6. The Morgan fingerprint density at radius 1 is 1.16 bits per heavy atom. The Morgan fingerprint density at radius 3 is 2.52 bits per heavy atom. The lowest BCUT2D eigenvalue weighted by Gasteiger charge is -2.13. The number of H-pyrrole nitrogens is 1. The normalized spacial score (nSPS) is 10.8. The highest BCUT2D eigenvalue weighted by molar-refractivity contribution is 7.13. The number of rotatable bonds is 5. The van der Waals surface area contributed by atoms with Crippen molar-refractivity contribution in [3.05, 3.63) is 75.0 Å². The number of nitrogens with zero attached hydrogens (tertiary/aromatic N) is 4. The minimum atomic E-state index is -0.282. The highest BCUT2D eigenvalue weighted by Gasteiger charge is 2.17. The number of aryl methyl sites for hydroxylation is 1. The van der Waals surface area contributed by atoms with Crippen LogP contribution in [0.25, 0.3) is 16.5 Å². The van der Waals surface area contributed by atoms with Crippen molar-refractivity contribution in [2.75, 3.05) is 24.3 Å². The van der Waals surface area contributed by atoms with Gasteiger partial charge in [0.05, 0.1) is 4.88 Å². The molecule has 158 valence electrons. The van der Waals surface area contributed by atoms with Crippen LogP contribution < -0.4 is 15.8 Å². The van der Waals surface area contributed by atoms with Gasteiger partial charge in [-0.15, -0.1) is 11.3 Å². The van der Waals surface area contributed by atoms with Crippen molar-refractivity contribution < 1.29 is 4.79 Å². The quantitative estimate of drug-likeness (QED) is 0.500. The molecule has 0 fully saturated rings. The molecule has 0 aliphatic carbocycles. The summed E-state index contributed by atoms with van der Waals surface area (Å²) in [6.45, 7) is 3.48. The summed E-state index contributed by atoms with van der Waals surface area (Å²) in [5, 5.41) is 9.45. The van der Waals surface area contributed by atoms with Crippen molar-refractivity contribution in [2.24, 2.45) is 0 Å². The van der Waals surface area contributed by atoms with Crippen LogP contribution in [0.3, 0.4) is 0 Å². The first-order chi connectivity index (χ1) is 14.8. The molecule has 3 aromatic heterocycles. The first-order valence-electron chi connectivity index (χ1n) is 9.64. The summed E-state index contributed by atoms with van der Waals surface area (Å²) in [5.41, 5.74) is 3.09. The lowest BCUT2D eigenvalue weighted by Crippen LogP contribution is -2.20. The van der Waals surface area contributed by atoms with E-state index in [0.717, 1.165) is 10.6 Å². The van der Waals surface area contributed by atoms with E-state index < -0.39 is 0 Å². The number of carbonyl (C=O) groups excluding carboxylic acids is 1. The Morgan fingerprint density at radius 2 is 1.90 bits per heavy atom. The topological polar surface area (TPSA) is 95.9 Å². The molecule has 0 aliphatic heterocycles. The summed E-state index contributed by atoms with van der Waals surface area (Å²) >= 11 is 1.54. The van der Waals surface area contributed by atoms with Crippen LogP contribution >= 0.6 is 11.3 Å². The molecule has 8 nitrogen and oxygen atoms in total. The average Bonchev–Trinajstić information content (AvgIpc) is 3.41. The van der Waals surface area contributed by atoms with Crippen LogP contribution in [-0.4, -0.2) is 39.8 Å². The summed E-state index contributed by atoms with van der Waals surface area (Å²) in [5.74, 6) is 0.376. The second-order valence-electron chi connectivity index (χ2n) is 7.30. The van der Waals surface area contributed by atoms with Crippen LogP contribution in [-0.2, 0) is 0 Å². The van der Waals surface area contributed by atoms with E-state index in [2.05, 4.69) is 20.4 Å². The zero-order chi connectivity index (χ0) is 22.1. The third-order valence-corrected chi connectivity index (χ3v) is 5.85. The van der Waals surface area contributed by atoms with Crippen LogP contribution in [0.4, 0.5) is 11.5 Å². The van der Waals surface area contributed by atoms with Gasteiger partial charge in [-0.05, 0) is 49.6 Å². The molecule has 0 spiro atoms. The number of carbonyl (C=O) groups is 1. The third kappa shape index (κ3) is 4.13. The van der Waals surface area contributed by atoms with E-state index in [1.54, 1.807) is 32.0 Å². The van der Waals surface area contributed by atoms with E-state index in [1.807, 2.05) is 48.6 Å². The molecule has 0 aliphatic rings. The lowest BCUT2D eigenvalue weighted by molar-refractivity contribution is 0.102. The van der Waals surface area contributed by atoms with Gasteiger partial charge in [0.1, 0.15) is 11.5 Å². The van der Waals surface area contributed by atoms with Gasteiger partial charge in [-0.1, -0.05) is 6.07 Å². The number of thiophene rings is 1. The fraction of sp³-hybridized carbons (Fsp3) is 0.182. The fourth-order valence-corrected chi connectivity index (χ4v) is 3.69. The van der Waals surface area contributed by atoms with Crippen molar-refractivity contribution in [2.45, 2.75) is 13.8 Å². The predicted octanol–water partition coefficient (Wildman–Crippen LogP) is 3.62. The fourth-order valence-electron chi connectivity index (χ4n) is 3.01. The van der Waals surface area contributed by atoms with Crippen LogP contribution in [0.1, 0.15) is 21.6 Å². The number of anilines is 2. The van der Waals surface area contributed by atoms with Crippen molar-refractivity contribution in [3.63, 3.8) is 0 Å². The smallest absolute Gasteiger partial charge is 0.256 e. The molecule has 31 heavy (non-hydrogen) atoms. The Labute approximate surface area is 183 Å². The standard InChI is InChI=1S/C22H22N6O2S/c1-13-14(2)23-22(25-20(13)29)28-19(12-17(26-28)18-6-5-11-31-18)24-21(30)15-7-9-16(10-8-15)27(3)4/h5-12H,1-4H3,(H,24,30)(H,23,25,29). The molecule has 4 aromatic rings. The molecule has 0 unspecified atom stereocenters. The van der Waals surface area contributed by atoms with E-state index in [1.165, 1.54) is 16.0 Å². The number of amides is 1. The molecule has 0 bridgehead atoms. The summed E-state index contributed by atoms with van der Waals surface area (Å²) in [6.07, 6.45) is 0. The second-order valence-corrected chi connectivity index (χ2v) is 8.25. The van der Waals surface area contributed by atoms with Gasteiger partial charge in [-0.2, -0.15) is 9.78 Å². The largest absolute Gasteiger partial charge is 0.378 e. The number of aromatic nitrogens is 4. The molecule has 4 rings (SSSR count). The van der Waals surface area contributed by atoms with Gasteiger partial charge in [0.15, 0.2) is 0 Å². The van der Waals surface area contributed by atoms with E-state index in [-0.39, 0.29) is 17.4 Å². The number of benzene rings is 1. The molecule has 0 saturated heterocycles. The van der Waals surface area contributed by atoms with Crippen molar-refractivity contribution in [1.82, 2.24) is 19.7 Å². The van der Waals surface area contributed by atoms with E-state index in [4.69, 9.17) is 0 Å². The third-order valence-electron chi connectivity index (χ3n) is 4.95.